The molecule has 0 radical (unpaired) electrons. The predicted molar refractivity (Wildman–Crippen MR) is 150 cm³/mol. The highest BCUT2D eigenvalue weighted by atomic mass is 35.5. The van der Waals surface area contributed by atoms with Crippen molar-refractivity contribution in [1.82, 2.24) is 16.0 Å². The second-order valence-electron chi connectivity index (χ2n) is 11.5. The lowest BCUT2D eigenvalue weighted by Crippen LogP contribution is -2.54. The maximum absolute atomic E-state index is 13.5. The summed E-state index contributed by atoms with van der Waals surface area (Å²) in [5.41, 5.74) is 5.58. The van der Waals surface area contributed by atoms with Crippen LogP contribution in [0.3, 0.4) is 0 Å². The zero-order chi connectivity index (χ0) is 29.4. The molecule has 3 aliphatic rings. The Morgan fingerprint density at radius 1 is 1.07 bits per heavy atom. The first-order valence-corrected chi connectivity index (χ1v) is 14.7. The van der Waals surface area contributed by atoms with Gasteiger partial charge in [-0.15, -0.1) is 0 Å². The Balaban J connectivity index is 1.43. The Morgan fingerprint density at radius 2 is 1.80 bits per heavy atom. The number of carbonyl (C=O) groups excluding carboxylic acids is 5. The van der Waals surface area contributed by atoms with E-state index in [4.69, 9.17) is 26.8 Å². The van der Waals surface area contributed by atoms with E-state index in [0.29, 0.717) is 49.5 Å². The Morgan fingerprint density at radius 3 is 2.49 bits per heavy atom. The number of primary amides is 1. The van der Waals surface area contributed by atoms with Gasteiger partial charge in [0.2, 0.25) is 17.6 Å². The summed E-state index contributed by atoms with van der Waals surface area (Å²) >= 11 is 6.00. The minimum absolute atomic E-state index is 0.0451. The third-order valence-corrected chi connectivity index (χ3v) is 8.64. The summed E-state index contributed by atoms with van der Waals surface area (Å²) in [6, 6.07) is 4.57. The SMILES string of the molecule is NC(=O)C(=O)C(CC1CC2(CCOCC2)NC1=O)NC(=O)[C@H](CC1CCCCC1)NC(=O)OCc1cccc(Cl)c1. The Kier molecular flexibility index (Phi) is 10.6. The molecule has 0 aromatic heterocycles. The van der Waals surface area contributed by atoms with Gasteiger partial charge in [-0.05, 0) is 55.7 Å². The molecule has 1 aromatic rings. The van der Waals surface area contributed by atoms with Crippen molar-refractivity contribution in [2.75, 3.05) is 13.2 Å². The Bertz CT molecular complexity index is 1130. The third-order valence-electron chi connectivity index (χ3n) is 8.40. The molecule has 1 aliphatic carbocycles. The van der Waals surface area contributed by atoms with Gasteiger partial charge in [0.05, 0.1) is 6.04 Å². The number of Topliss-reactive ketones (excluding diaryl/α,β-unsaturated/α-hetero) is 1. The molecule has 2 aliphatic heterocycles. The van der Waals surface area contributed by atoms with E-state index in [1.165, 1.54) is 0 Å². The van der Waals surface area contributed by atoms with Gasteiger partial charge in [-0.3, -0.25) is 19.2 Å². The van der Waals surface area contributed by atoms with Crippen LogP contribution in [0.15, 0.2) is 24.3 Å². The maximum Gasteiger partial charge on any atom is 0.408 e. The fourth-order valence-electron chi connectivity index (χ4n) is 6.17. The van der Waals surface area contributed by atoms with Gasteiger partial charge in [0.25, 0.3) is 5.91 Å². The highest BCUT2D eigenvalue weighted by Gasteiger charge is 2.46. The minimum atomic E-state index is -1.30. The average Bonchev–Trinajstić information content (AvgIpc) is 3.24. The molecule has 3 fully saturated rings. The molecule has 5 N–H and O–H groups in total. The number of halogens is 1. The lowest BCUT2D eigenvalue weighted by atomic mass is 9.83. The second kappa shape index (κ2) is 14.1. The number of hydrogen-bond acceptors (Lipinski definition) is 7. The van der Waals surface area contributed by atoms with Crippen molar-refractivity contribution in [1.29, 1.82) is 0 Å². The van der Waals surface area contributed by atoms with Crippen LogP contribution in [0.2, 0.25) is 5.02 Å². The van der Waals surface area contributed by atoms with Crippen LogP contribution in [-0.2, 0) is 35.3 Å². The molecule has 2 unspecified atom stereocenters. The number of ether oxygens (including phenoxy) is 2. The summed E-state index contributed by atoms with van der Waals surface area (Å²) in [6.45, 7) is 1.00. The number of benzene rings is 1. The maximum atomic E-state index is 13.5. The molecule has 41 heavy (non-hydrogen) atoms. The number of hydrogen-bond donors (Lipinski definition) is 4. The number of alkyl carbamates (subject to hydrolysis) is 1. The van der Waals surface area contributed by atoms with E-state index in [2.05, 4.69) is 16.0 Å². The van der Waals surface area contributed by atoms with Crippen molar-refractivity contribution >= 4 is 41.2 Å². The highest BCUT2D eigenvalue weighted by Crippen LogP contribution is 2.36. The van der Waals surface area contributed by atoms with Crippen LogP contribution < -0.4 is 21.7 Å². The number of ketones is 1. The first-order valence-electron chi connectivity index (χ1n) is 14.4. The average molecular weight is 591 g/mol. The van der Waals surface area contributed by atoms with Crippen molar-refractivity contribution in [2.45, 2.75) is 88.4 Å². The fourth-order valence-corrected chi connectivity index (χ4v) is 6.38. The topological polar surface area (TPSA) is 166 Å². The van der Waals surface area contributed by atoms with Crippen molar-refractivity contribution in [3.05, 3.63) is 34.9 Å². The molecule has 2 heterocycles. The van der Waals surface area contributed by atoms with E-state index >= 15 is 0 Å². The summed E-state index contributed by atoms with van der Waals surface area (Å²) in [7, 11) is 0. The van der Waals surface area contributed by atoms with Crippen molar-refractivity contribution in [2.24, 2.45) is 17.6 Å². The summed E-state index contributed by atoms with van der Waals surface area (Å²) in [5, 5.41) is 8.82. The largest absolute Gasteiger partial charge is 0.445 e. The van der Waals surface area contributed by atoms with Gasteiger partial charge in [0.1, 0.15) is 12.6 Å². The number of amides is 4. The third kappa shape index (κ3) is 8.65. The summed E-state index contributed by atoms with van der Waals surface area (Å²) in [4.78, 5) is 63.8. The fraction of sp³-hybridized carbons (Fsp3) is 0.621. The molecule has 1 spiro atoms. The first-order chi connectivity index (χ1) is 19.6. The van der Waals surface area contributed by atoms with Crippen LogP contribution >= 0.6 is 11.6 Å². The summed E-state index contributed by atoms with van der Waals surface area (Å²) in [5.74, 6) is -3.44. The molecule has 12 heteroatoms. The number of nitrogens with two attached hydrogens (primary N) is 1. The first kappa shape index (κ1) is 30.8. The molecule has 0 bridgehead atoms. The van der Waals surface area contributed by atoms with Crippen LogP contribution in [0.1, 0.15) is 69.8 Å². The lowest BCUT2D eigenvalue weighted by molar-refractivity contribution is -0.139. The van der Waals surface area contributed by atoms with E-state index in [1.807, 2.05) is 0 Å². The van der Waals surface area contributed by atoms with E-state index in [1.54, 1.807) is 24.3 Å². The van der Waals surface area contributed by atoms with Crippen LogP contribution in [0.4, 0.5) is 4.79 Å². The van der Waals surface area contributed by atoms with Crippen molar-refractivity contribution in [3.63, 3.8) is 0 Å². The minimum Gasteiger partial charge on any atom is -0.445 e. The smallest absolute Gasteiger partial charge is 0.408 e. The van der Waals surface area contributed by atoms with E-state index < -0.39 is 47.2 Å². The van der Waals surface area contributed by atoms with E-state index in [0.717, 1.165) is 32.1 Å². The van der Waals surface area contributed by atoms with Gasteiger partial charge < -0.3 is 31.2 Å². The van der Waals surface area contributed by atoms with Gasteiger partial charge in [-0.1, -0.05) is 55.8 Å². The molecule has 1 aromatic carbocycles. The van der Waals surface area contributed by atoms with Gasteiger partial charge in [-0.2, -0.15) is 0 Å². The number of nitrogens with one attached hydrogen (secondary N) is 3. The molecular formula is C29H39ClN4O7. The van der Waals surface area contributed by atoms with Crippen molar-refractivity contribution in [3.8, 4) is 0 Å². The summed E-state index contributed by atoms with van der Waals surface area (Å²) in [6.07, 6.45) is 6.27. The second-order valence-corrected chi connectivity index (χ2v) is 11.9. The normalized spacial score (nSPS) is 21.9. The molecule has 11 nitrogen and oxygen atoms in total. The molecular weight excluding hydrogens is 552 g/mol. The highest BCUT2D eigenvalue weighted by molar-refractivity contribution is 6.38. The van der Waals surface area contributed by atoms with E-state index in [-0.39, 0.29) is 24.9 Å². The molecule has 3 atom stereocenters. The van der Waals surface area contributed by atoms with Gasteiger partial charge >= 0.3 is 6.09 Å². The number of carbonyl (C=O) groups is 5. The molecule has 4 amide bonds. The Hall–Kier alpha value is -3.18. The summed E-state index contributed by atoms with van der Waals surface area (Å²) < 4.78 is 10.8. The quantitative estimate of drug-likeness (QED) is 0.287. The molecule has 1 saturated carbocycles. The monoisotopic (exact) mass is 590 g/mol. The lowest BCUT2D eigenvalue weighted by Gasteiger charge is -2.33. The molecule has 2 saturated heterocycles. The zero-order valence-corrected chi connectivity index (χ0v) is 23.9. The van der Waals surface area contributed by atoms with Gasteiger partial charge in [0.15, 0.2) is 0 Å². The van der Waals surface area contributed by atoms with Gasteiger partial charge in [-0.25, -0.2) is 4.79 Å². The van der Waals surface area contributed by atoms with Crippen LogP contribution in [0.5, 0.6) is 0 Å². The van der Waals surface area contributed by atoms with Crippen molar-refractivity contribution < 1.29 is 33.4 Å². The van der Waals surface area contributed by atoms with Crippen LogP contribution in [0.25, 0.3) is 0 Å². The van der Waals surface area contributed by atoms with E-state index in [9.17, 15) is 24.0 Å². The molecule has 4 rings (SSSR count). The molecule has 224 valence electrons. The van der Waals surface area contributed by atoms with Crippen LogP contribution in [-0.4, -0.2) is 60.4 Å². The number of rotatable bonds is 11. The predicted octanol–water partition coefficient (Wildman–Crippen LogP) is 2.52. The van der Waals surface area contributed by atoms with Gasteiger partial charge in [0, 0.05) is 29.7 Å². The Labute approximate surface area is 244 Å². The zero-order valence-electron chi connectivity index (χ0n) is 23.1. The van der Waals surface area contributed by atoms with Crippen LogP contribution in [0, 0.1) is 11.8 Å². The standard InChI is InChI=1S/C29H39ClN4O7/c30-21-8-4-7-19(13-21)17-41-28(39)33-23(14-18-5-2-1-3-6-18)27(38)32-22(24(35)25(31)36)15-20-16-29(34-26(20)37)9-11-40-12-10-29/h4,7-8,13,18,20,22-23H,1-3,5-6,9-12,14-17H2,(H2,31,36)(H,32,38)(H,33,39)(H,34,37)/t20?,22?,23-/m0/s1.